The van der Waals surface area contributed by atoms with Gasteiger partial charge in [-0.15, -0.1) is 0 Å². The van der Waals surface area contributed by atoms with Crippen molar-refractivity contribution < 1.29 is 5.11 Å². The summed E-state index contributed by atoms with van der Waals surface area (Å²) in [7, 11) is 0. The van der Waals surface area contributed by atoms with Crippen LogP contribution < -0.4 is 0 Å². The average molecular weight is 282 g/mol. The van der Waals surface area contributed by atoms with E-state index in [1.165, 1.54) is 16.7 Å². The molecular formula is C20H26O. The smallest absolute Gasteiger partial charge is 0.119 e. The molecule has 0 aliphatic rings. The summed E-state index contributed by atoms with van der Waals surface area (Å²) in [5.41, 5.74) is 5.39. The van der Waals surface area contributed by atoms with E-state index >= 15 is 0 Å². The second-order valence-electron chi connectivity index (χ2n) is 5.83. The van der Waals surface area contributed by atoms with Crippen molar-refractivity contribution in [1.82, 2.24) is 0 Å². The highest BCUT2D eigenvalue weighted by Crippen LogP contribution is 2.38. The van der Waals surface area contributed by atoms with Crippen molar-refractivity contribution in [3.63, 3.8) is 0 Å². The van der Waals surface area contributed by atoms with Gasteiger partial charge in [0.05, 0.1) is 0 Å². The van der Waals surface area contributed by atoms with E-state index in [1.807, 2.05) is 18.2 Å². The maximum absolute atomic E-state index is 10.1. The number of aromatic hydroxyl groups is 1. The van der Waals surface area contributed by atoms with Crippen LogP contribution >= 0.6 is 0 Å². The molecule has 21 heavy (non-hydrogen) atoms. The van der Waals surface area contributed by atoms with E-state index in [4.69, 9.17) is 0 Å². The second kappa shape index (κ2) is 6.80. The van der Waals surface area contributed by atoms with E-state index in [0.717, 1.165) is 18.4 Å². The van der Waals surface area contributed by atoms with Gasteiger partial charge >= 0.3 is 0 Å². The maximum Gasteiger partial charge on any atom is 0.119 e. The topological polar surface area (TPSA) is 20.2 Å². The van der Waals surface area contributed by atoms with Crippen LogP contribution in [0.3, 0.4) is 0 Å². The highest BCUT2D eigenvalue weighted by atomic mass is 16.3. The predicted octanol–water partition coefficient (Wildman–Crippen LogP) is 5.42. The van der Waals surface area contributed by atoms with Gasteiger partial charge in [0.2, 0.25) is 0 Å². The molecule has 1 nitrogen and oxygen atoms in total. The zero-order valence-corrected chi connectivity index (χ0v) is 13.6. The highest BCUT2D eigenvalue weighted by molar-refractivity contribution is 5.42. The Hall–Kier alpha value is -1.76. The number of benzene rings is 2. The summed E-state index contributed by atoms with van der Waals surface area (Å²) in [4.78, 5) is 0. The van der Waals surface area contributed by atoms with Crippen molar-refractivity contribution in [1.29, 1.82) is 0 Å². The number of rotatable bonds is 5. The third kappa shape index (κ3) is 3.12. The van der Waals surface area contributed by atoms with Gasteiger partial charge in [-0.1, -0.05) is 64.1 Å². The van der Waals surface area contributed by atoms with Crippen LogP contribution in [-0.2, 0) is 12.8 Å². The molecule has 0 bridgehead atoms. The summed E-state index contributed by atoms with van der Waals surface area (Å²) in [6.07, 6.45) is 2.14. The van der Waals surface area contributed by atoms with Crippen molar-refractivity contribution in [3.8, 4) is 5.75 Å². The average Bonchev–Trinajstić information content (AvgIpc) is 2.53. The Morgan fingerprint density at radius 3 is 2.05 bits per heavy atom. The van der Waals surface area contributed by atoms with Gasteiger partial charge in [0.15, 0.2) is 0 Å². The number of para-hydroxylation sites is 1. The highest BCUT2D eigenvalue weighted by Gasteiger charge is 2.21. The molecule has 0 aromatic heterocycles. The Morgan fingerprint density at radius 1 is 0.810 bits per heavy atom. The minimum atomic E-state index is 0.295. The van der Waals surface area contributed by atoms with E-state index in [-0.39, 0.29) is 0 Å². The molecule has 2 unspecified atom stereocenters. The van der Waals surface area contributed by atoms with Crippen molar-refractivity contribution in [2.45, 2.75) is 52.4 Å². The molecule has 0 amide bonds. The number of phenols is 1. The molecule has 2 aromatic carbocycles. The largest absolute Gasteiger partial charge is 0.508 e. The molecule has 0 heterocycles. The van der Waals surface area contributed by atoms with Crippen molar-refractivity contribution in [3.05, 3.63) is 64.7 Å². The molecule has 2 rings (SSSR count). The van der Waals surface area contributed by atoms with Crippen molar-refractivity contribution in [2.75, 3.05) is 0 Å². The molecule has 0 fully saturated rings. The zero-order chi connectivity index (χ0) is 15.4. The van der Waals surface area contributed by atoms with Crippen LogP contribution in [0, 0.1) is 0 Å². The quantitative estimate of drug-likeness (QED) is 0.776. The first-order chi connectivity index (χ1) is 10.1. The van der Waals surface area contributed by atoms with Crippen LogP contribution in [0.1, 0.15) is 61.8 Å². The maximum atomic E-state index is 10.1. The first-order valence-electron chi connectivity index (χ1n) is 7.98. The van der Waals surface area contributed by atoms with E-state index < -0.39 is 0 Å². The molecular weight excluding hydrogens is 256 g/mol. The molecule has 0 aliphatic heterocycles. The van der Waals surface area contributed by atoms with E-state index in [9.17, 15) is 5.11 Å². The Bertz CT molecular complexity index is 601. The van der Waals surface area contributed by atoms with Gasteiger partial charge in [0.1, 0.15) is 5.75 Å². The van der Waals surface area contributed by atoms with Gasteiger partial charge in [0.25, 0.3) is 0 Å². The van der Waals surface area contributed by atoms with Crippen LogP contribution in [0.25, 0.3) is 0 Å². The fourth-order valence-corrected chi connectivity index (χ4v) is 3.25. The molecule has 0 saturated carbocycles. The summed E-state index contributed by atoms with van der Waals surface area (Å²) in [5.74, 6) is 1.09. The van der Waals surface area contributed by atoms with Crippen LogP contribution in [0.5, 0.6) is 5.75 Å². The molecule has 0 aliphatic carbocycles. The van der Waals surface area contributed by atoms with Crippen LogP contribution in [0.15, 0.2) is 42.5 Å². The van der Waals surface area contributed by atoms with Crippen LogP contribution in [0.4, 0.5) is 0 Å². The predicted molar refractivity (Wildman–Crippen MR) is 90.1 cm³/mol. The van der Waals surface area contributed by atoms with E-state index in [2.05, 4.69) is 45.9 Å². The summed E-state index contributed by atoms with van der Waals surface area (Å²) in [6, 6.07) is 14.3. The fourth-order valence-electron chi connectivity index (χ4n) is 3.25. The molecule has 1 heteroatoms. The molecule has 2 aromatic rings. The van der Waals surface area contributed by atoms with E-state index in [0.29, 0.717) is 17.6 Å². The third-order valence-corrected chi connectivity index (χ3v) is 4.71. The number of hydrogen-bond donors (Lipinski definition) is 1. The monoisotopic (exact) mass is 282 g/mol. The minimum Gasteiger partial charge on any atom is -0.508 e. The zero-order valence-electron chi connectivity index (χ0n) is 13.6. The molecule has 0 saturated heterocycles. The normalized spacial score (nSPS) is 13.9. The van der Waals surface area contributed by atoms with E-state index in [1.54, 1.807) is 6.07 Å². The minimum absolute atomic E-state index is 0.295. The lowest BCUT2D eigenvalue weighted by molar-refractivity contribution is 0.456. The second-order valence-corrected chi connectivity index (χ2v) is 5.83. The molecule has 0 radical (unpaired) electrons. The molecule has 2 atom stereocenters. The van der Waals surface area contributed by atoms with Gasteiger partial charge < -0.3 is 5.11 Å². The summed E-state index contributed by atoms with van der Waals surface area (Å²) in [6.45, 7) is 8.92. The first kappa shape index (κ1) is 15.6. The Morgan fingerprint density at radius 2 is 1.43 bits per heavy atom. The first-order valence-corrected chi connectivity index (χ1v) is 7.98. The molecule has 0 spiro atoms. The Labute approximate surface area is 128 Å². The lowest BCUT2D eigenvalue weighted by Gasteiger charge is -2.25. The lowest BCUT2D eigenvalue weighted by Crippen LogP contribution is -2.09. The number of aryl methyl sites for hydroxylation is 1. The fraction of sp³-hybridized carbons (Fsp3) is 0.400. The molecule has 1 N–H and O–H groups in total. The standard InChI is InChI=1S/C20H26O/c1-5-16-10-9-12-18(17(16)6-2)14(3)15(4)19-11-7-8-13-20(19)21/h7-15,21H,5-6H2,1-4H3. The van der Waals surface area contributed by atoms with Gasteiger partial charge in [-0.3, -0.25) is 0 Å². The van der Waals surface area contributed by atoms with Crippen LogP contribution in [0.2, 0.25) is 0 Å². The van der Waals surface area contributed by atoms with Crippen molar-refractivity contribution >= 4 is 0 Å². The third-order valence-electron chi connectivity index (χ3n) is 4.71. The van der Waals surface area contributed by atoms with Gasteiger partial charge in [0, 0.05) is 0 Å². The molecule has 112 valence electrons. The lowest BCUT2D eigenvalue weighted by atomic mass is 9.80. The number of phenolic OH excluding ortho intramolecular Hbond substituents is 1. The summed E-state index contributed by atoms with van der Waals surface area (Å²) < 4.78 is 0. The van der Waals surface area contributed by atoms with Gasteiger partial charge in [-0.2, -0.15) is 0 Å². The van der Waals surface area contributed by atoms with Crippen molar-refractivity contribution in [2.24, 2.45) is 0 Å². The van der Waals surface area contributed by atoms with Gasteiger partial charge in [-0.05, 0) is 53.0 Å². The summed E-state index contributed by atoms with van der Waals surface area (Å²) in [5, 5.41) is 10.1. The van der Waals surface area contributed by atoms with Gasteiger partial charge in [-0.25, -0.2) is 0 Å². The number of hydrogen-bond acceptors (Lipinski definition) is 1. The Balaban J connectivity index is 2.40. The summed E-state index contributed by atoms with van der Waals surface area (Å²) >= 11 is 0. The Kier molecular flexibility index (Phi) is 5.06. The van der Waals surface area contributed by atoms with Crippen LogP contribution in [-0.4, -0.2) is 5.11 Å². The SMILES string of the molecule is CCc1cccc(C(C)C(C)c2ccccc2O)c1CC.